The Labute approximate surface area is 130 Å². The van der Waals surface area contributed by atoms with Crippen LogP contribution in [0.2, 0.25) is 5.02 Å². The lowest BCUT2D eigenvalue weighted by atomic mass is 9.92. The maximum atomic E-state index is 13.2. The molecule has 3 nitrogen and oxygen atoms in total. The Morgan fingerprint density at radius 2 is 2.15 bits per heavy atom. The number of hydrogen-bond acceptors (Lipinski definition) is 2. The number of amides is 1. The van der Waals surface area contributed by atoms with E-state index in [1.54, 1.807) is 0 Å². The molecule has 2 aliphatic rings. The molecule has 0 aromatic heterocycles. The molecule has 1 spiro atoms. The van der Waals surface area contributed by atoms with Crippen LogP contribution in [-0.2, 0) is 4.79 Å². The van der Waals surface area contributed by atoms with Crippen LogP contribution in [0, 0.1) is 17.2 Å². The van der Waals surface area contributed by atoms with Crippen molar-refractivity contribution >= 4 is 39.1 Å². The van der Waals surface area contributed by atoms with Gasteiger partial charge in [-0.05, 0) is 65.8 Å². The van der Waals surface area contributed by atoms with Crippen molar-refractivity contribution in [2.24, 2.45) is 11.3 Å². The van der Waals surface area contributed by atoms with Crippen LogP contribution >= 0.6 is 27.5 Å². The van der Waals surface area contributed by atoms with Crippen LogP contribution in [-0.4, -0.2) is 19.0 Å². The Morgan fingerprint density at radius 3 is 2.80 bits per heavy atom. The molecule has 1 aromatic carbocycles. The van der Waals surface area contributed by atoms with E-state index >= 15 is 0 Å². The zero-order valence-electron chi connectivity index (χ0n) is 10.8. The minimum Gasteiger partial charge on any atom is -0.324 e. The number of anilines is 1. The van der Waals surface area contributed by atoms with Crippen LogP contribution in [0.4, 0.5) is 10.1 Å². The van der Waals surface area contributed by atoms with Crippen molar-refractivity contribution in [3.05, 3.63) is 27.4 Å². The zero-order valence-corrected chi connectivity index (χ0v) is 13.2. The van der Waals surface area contributed by atoms with Crippen LogP contribution in [0.5, 0.6) is 0 Å². The predicted octanol–water partition coefficient (Wildman–Crippen LogP) is 3.57. The highest BCUT2D eigenvalue weighted by Crippen LogP contribution is 2.59. The largest absolute Gasteiger partial charge is 0.324 e. The summed E-state index contributed by atoms with van der Waals surface area (Å²) in [5.74, 6) is -0.389. The first kappa shape index (κ1) is 14.3. The SMILES string of the molecule is O=C(Nc1c(Cl)cc(F)cc1Br)C1CC12CCNCC2. The van der Waals surface area contributed by atoms with Crippen molar-refractivity contribution in [1.29, 1.82) is 0 Å². The highest BCUT2D eigenvalue weighted by Gasteiger charge is 2.57. The van der Waals surface area contributed by atoms with Crippen LogP contribution in [0.3, 0.4) is 0 Å². The van der Waals surface area contributed by atoms with Gasteiger partial charge in [0.25, 0.3) is 0 Å². The van der Waals surface area contributed by atoms with E-state index in [4.69, 9.17) is 11.6 Å². The molecule has 1 atom stereocenters. The molecular weight excluding hydrogens is 347 g/mol. The van der Waals surface area contributed by atoms with Crippen LogP contribution in [0.1, 0.15) is 19.3 Å². The van der Waals surface area contributed by atoms with E-state index in [0.717, 1.165) is 32.4 Å². The van der Waals surface area contributed by atoms with Crippen molar-refractivity contribution < 1.29 is 9.18 Å². The normalized spacial score (nSPS) is 23.6. The van der Waals surface area contributed by atoms with E-state index in [1.165, 1.54) is 12.1 Å². The molecule has 2 N–H and O–H groups in total. The summed E-state index contributed by atoms with van der Waals surface area (Å²) in [4.78, 5) is 12.3. The van der Waals surface area contributed by atoms with Gasteiger partial charge in [0, 0.05) is 10.4 Å². The van der Waals surface area contributed by atoms with E-state index in [2.05, 4.69) is 26.6 Å². The van der Waals surface area contributed by atoms with E-state index in [1.807, 2.05) is 0 Å². The number of halogens is 3. The lowest BCUT2D eigenvalue weighted by molar-refractivity contribution is -0.118. The second-order valence-electron chi connectivity index (χ2n) is 5.60. The number of nitrogens with one attached hydrogen (secondary N) is 2. The molecule has 0 bridgehead atoms. The topological polar surface area (TPSA) is 41.1 Å². The number of piperidine rings is 1. The molecule has 1 aliphatic carbocycles. The molecule has 2 fully saturated rings. The van der Waals surface area contributed by atoms with Gasteiger partial charge in [-0.15, -0.1) is 0 Å². The minimum atomic E-state index is -0.430. The van der Waals surface area contributed by atoms with Gasteiger partial charge in [0.1, 0.15) is 5.82 Å². The molecule has 108 valence electrons. The fourth-order valence-corrected chi connectivity index (χ4v) is 3.97. The summed E-state index contributed by atoms with van der Waals surface area (Å²) in [5, 5.41) is 6.36. The maximum absolute atomic E-state index is 13.2. The third-order valence-electron chi connectivity index (χ3n) is 4.36. The number of carbonyl (C=O) groups is 1. The van der Waals surface area contributed by atoms with Gasteiger partial charge in [-0.2, -0.15) is 0 Å². The molecule has 0 radical (unpaired) electrons. The first-order valence-electron chi connectivity index (χ1n) is 6.68. The molecule has 1 aliphatic heterocycles. The molecule has 1 saturated carbocycles. The minimum absolute atomic E-state index is 0.0129. The van der Waals surface area contributed by atoms with Gasteiger partial charge in [0.15, 0.2) is 0 Å². The quantitative estimate of drug-likeness (QED) is 0.845. The van der Waals surface area contributed by atoms with Gasteiger partial charge in [0.05, 0.1) is 10.7 Å². The molecule has 1 saturated heterocycles. The molecule has 1 aromatic rings. The summed E-state index contributed by atoms with van der Waals surface area (Å²) in [5.41, 5.74) is 0.628. The lowest BCUT2D eigenvalue weighted by Crippen LogP contribution is -2.31. The van der Waals surface area contributed by atoms with Crippen LogP contribution < -0.4 is 10.6 Å². The summed E-state index contributed by atoms with van der Waals surface area (Å²) in [7, 11) is 0. The molecule has 1 amide bonds. The van der Waals surface area contributed by atoms with E-state index in [0.29, 0.717) is 10.2 Å². The average molecular weight is 362 g/mol. The zero-order chi connectivity index (χ0) is 14.3. The van der Waals surface area contributed by atoms with Crippen LogP contribution in [0.25, 0.3) is 0 Å². The molecule has 3 rings (SSSR count). The summed E-state index contributed by atoms with van der Waals surface area (Å²) >= 11 is 9.22. The van der Waals surface area contributed by atoms with Crippen LogP contribution in [0.15, 0.2) is 16.6 Å². The van der Waals surface area contributed by atoms with Crippen molar-refractivity contribution in [2.45, 2.75) is 19.3 Å². The van der Waals surface area contributed by atoms with Crippen molar-refractivity contribution in [2.75, 3.05) is 18.4 Å². The summed E-state index contributed by atoms with van der Waals surface area (Å²) < 4.78 is 13.6. The third kappa shape index (κ3) is 2.59. The average Bonchev–Trinajstić information content (AvgIpc) is 3.08. The Kier molecular flexibility index (Phi) is 3.77. The Hall–Kier alpha value is -0.650. The molecule has 6 heteroatoms. The first-order chi connectivity index (χ1) is 9.52. The van der Waals surface area contributed by atoms with Crippen molar-refractivity contribution in [3.8, 4) is 0 Å². The molecular formula is C14H15BrClFN2O. The molecule has 1 heterocycles. The Balaban J connectivity index is 1.72. The number of hydrogen-bond donors (Lipinski definition) is 2. The smallest absolute Gasteiger partial charge is 0.228 e. The highest BCUT2D eigenvalue weighted by molar-refractivity contribution is 9.10. The van der Waals surface area contributed by atoms with Gasteiger partial charge in [0.2, 0.25) is 5.91 Å². The lowest BCUT2D eigenvalue weighted by Gasteiger charge is -2.23. The molecule has 1 unspecified atom stereocenters. The molecule has 20 heavy (non-hydrogen) atoms. The van der Waals surface area contributed by atoms with Gasteiger partial charge in [-0.3, -0.25) is 4.79 Å². The number of benzene rings is 1. The maximum Gasteiger partial charge on any atom is 0.228 e. The predicted molar refractivity (Wildman–Crippen MR) is 80.4 cm³/mol. The monoisotopic (exact) mass is 360 g/mol. The second kappa shape index (κ2) is 5.28. The third-order valence-corrected chi connectivity index (χ3v) is 5.28. The van der Waals surface area contributed by atoms with Crippen molar-refractivity contribution in [1.82, 2.24) is 5.32 Å². The van der Waals surface area contributed by atoms with Gasteiger partial charge in [-0.1, -0.05) is 11.6 Å². The highest BCUT2D eigenvalue weighted by atomic mass is 79.9. The number of rotatable bonds is 2. The van der Waals surface area contributed by atoms with E-state index < -0.39 is 5.82 Å². The fourth-order valence-electron chi connectivity index (χ4n) is 3.07. The summed E-state index contributed by atoms with van der Waals surface area (Å²) in [6.45, 7) is 1.95. The van der Waals surface area contributed by atoms with Gasteiger partial charge >= 0.3 is 0 Å². The van der Waals surface area contributed by atoms with Gasteiger partial charge < -0.3 is 10.6 Å². The van der Waals surface area contributed by atoms with Crippen molar-refractivity contribution in [3.63, 3.8) is 0 Å². The Bertz CT molecular complexity index is 537. The standard InChI is InChI=1S/C14H15BrClFN2O/c15-10-5-8(17)6-11(16)12(10)19-13(20)9-7-14(9)1-3-18-4-2-14/h5-6,9,18H,1-4,7H2,(H,19,20). The first-order valence-corrected chi connectivity index (χ1v) is 7.85. The van der Waals surface area contributed by atoms with Gasteiger partial charge in [-0.25, -0.2) is 4.39 Å². The summed E-state index contributed by atoms with van der Waals surface area (Å²) in [6.07, 6.45) is 3.03. The number of carbonyl (C=O) groups excluding carboxylic acids is 1. The Morgan fingerprint density at radius 1 is 1.45 bits per heavy atom. The fraction of sp³-hybridized carbons (Fsp3) is 0.500. The van der Waals surface area contributed by atoms with E-state index in [9.17, 15) is 9.18 Å². The summed E-state index contributed by atoms with van der Waals surface area (Å²) in [6, 6.07) is 2.50. The van der Waals surface area contributed by atoms with E-state index in [-0.39, 0.29) is 22.3 Å². The second-order valence-corrected chi connectivity index (χ2v) is 6.86.